The van der Waals surface area contributed by atoms with Crippen LogP contribution >= 0.6 is 22.6 Å². The molecule has 0 aromatic carbocycles. The van der Waals surface area contributed by atoms with Crippen molar-refractivity contribution in [1.29, 1.82) is 0 Å². The van der Waals surface area contributed by atoms with Gasteiger partial charge in [0.2, 0.25) is 0 Å². The maximum absolute atomic E-state index is 10.7. The van der Waals surface area contributed by atoms with Crippen molar-refractivity contribution in [3.63, 3.8) is 0 Å². The van der Waals surface area contributed by atoms with Gasteiger partial charge in [-0.2, -0.15) is 0 Å². The highest BCUT2D eigenvalue weighted by Gasteiger charge is 2.23. The molecule has 1 aromatic rings. The van der Waals surface area contributed by atoms with Gasteiger partial charge in [-0.25, -0.2) is 0 Å². The number of carbonyl (C=O) groups is 1. The molecule has 1 heterocycles. The predicted octanol–water partition coefficient (Wildman–Crippen LogP) is 1.98. The molecular weight excluding hydrogens is 281 g/mol. The summed E-state index contributed by atoms with van der Waals surface area (Å²) in [5.41, 5.74) is 0.763. The highest BCUT2D eigenvalue weighted by Crippen LogP contribution is 2.11. The number of aromatic nitrogens is 1. The fourth-order valence-corrected chi connectivity index (χ4v) is 5.87. The van der Waals surface area contributed by atoms with E-state index in [4.69, 9.17) is 0 Å². The van der Waals surface area contributed by atoms with Crippen molar-refractivity contribution in [2.75, 3.05) is 0 Å². The van der Waals surface area contributed by atoms with Crippen molar-refractivity contribution in [2.24, 2.45) is 0 Å². The Balaban J connectivity index is 3.28. The third kappa shape index (κ3) is 1.79. The Morgan fingerprint density at radius 1 is 1.50 bits per heavy atom. The topological polar surface area (TPSA) is 32.9 Å². The lowest BCUT2D eigenvalue weighted by Crippen LogP contribution is -2.40. The van der Waals surface area contributed by atoms with Gasteiger partial charge in [0.25, 0.3) is 0 Å². The highest BCUT2D eigenvalue weighted by molar-refractivity contribution is 14.1. The molecule has 1 aromatic heterocycles. The van der Waals surface area contributed by atoms with E-state index in [0.717, 1.165) is 12.0 Å². The Bertz CT molecular complexity index is 300. The first-order chi connectivity index (χ1) is 5.46. The van der Waals surface area contributed by atoms with Crippen molar-refractivity contribution in [1.82, 2.24) is 4.98 Å². The molecule has 1 rings (SSSR count). The number of halogens is 1. The van der Waals surface area contributed by atoms with Gasteiger partial charge in [0, 0.05) is 9.77 Å². The Morgan fingerprint density at radius 2 is 2.08 bits per heavy atom. The van der Waals surface area contributed by atoms with Crippen LogP contribution in [-0.4, -0.2) is 19.3 Å². The fourth-order valence-electron chi connectivity index (χ4n) is 1.27. The molecule has 66 valence electrons. The molecule has 0 fully saturated rings. The molecule has 0 unspecified atom stereocenters. The van der Waals surface area contributed by atoms with Crippen molar-refractivity contribution in [3.8, 4) is 0 Å². The van der Waals surface area contributed by atoms with E-state index in [2.05, 4.69) is 47.2 Å². The molecular formula is C8H12INOSi. The van der Waals surface area contributed by atoms with E-state index < -0.39 is 8.07 Å². The summed E-state index contributed by atoms with van der Waals surface area (Å²) in [6.45, 7) is 6.72. The van der Waals surface area contributed by atoms with Gasteiger partial charge in [-0.1, -0.05) is 19.6 Å². The third-order valence-corrected chi connectivity index (χ3v) is 5.13. The van der Waals surface area contributed by atoms with Gasteiger partial charge < -0.3 is 4.98 Å². The SMILES string of the molecule is C[Si](C)(C)c1c(I)c[nH]c1C=O. The largest absolute Gasteiger partial charge is 0.358 e. The standard InChI is InChI=1S/C8H12INOSi/c1-12(2,3)8-6(9)4-10-7(8)5-11/h4-5,10H,1-3H3. The maximum atomic E-state index is 10.7. The van der Waals surface area contributed by atoms with Crippen LogP contribution in [0.5, 0.6) is 0 Å². The second-order valence-corrected chi connectivity index (χ2v) is 9.96. The summed E-state index contributed by atoms with van der Waals surface area (Å²) in [4.78, 5) is 13.7. The van der Waals surface area contributed by atoms with E-state index in [1.165, 1.54) is 8.76 Å². The van der Waals surface area contributed by atoms with Gasteiger partial charge >= 0.3 is 0 Å². The molecule has 0 spiro atoms. The van der Waals surface area contributed by atoms with Crippen molar-refractivity contribution in [3.05, 3.63) is 15.5 Å². The van der Waals surface area contributed by atoms with E-state index in [1.807, 2.05) is 6.20 Å². The van der Waals surface area contributed by atoms with Crippen LogP contribution in [0.2, 0.25) is 19.6 Å². The number of aromatic amines is 1. The summed E-state index contributed by atoms with van der Waals surface area (Å²) in [6.07, 6.45) is 2.81. The number of hydrogen-bond acceptors (Lipinski definition) is 1. The minimum absolute atomic E-state index is 0.763. The first-order valence-corrected chi connectivity index (χ1v) is 8.37. The average Bonchev–Trinajstić information content (AvgIpc) is 2.29. The van der Waals surface area contributed by atoms with Crippen LogP contribution in [0.15, 0.2) is 6.20 Å². The molecule has 12 heavy (non-hydrogen) atoms. The van der Waals surface area contributed by atoms with Crippen LogP contribution in [-0.2, 0) is 0 Å². The normalized spacial score (nSPS) is 11.7. The molecule has 1 N–H and O–H groups in total. The van der Waals surface area contributed by atoms with Gasteiger partial charge in [-0.3, -0.25) is 4.79 Å². The number of nitrogens with one attached hydrogen (secondary N) is 1. The summed E-state index contributed by atoms with van der Waals surface area (Å²) >= 11 is 2.27. The molecule has 0 atom stereocenters. The average molecular weight is 293 g/mol. The van der Waals surface area contributed by atoms with Crippen LogP contribution in [0, 0.1) is 3.57 Å². The highest BCUT2D eigenvalue weighted by atomic mass is 127. The second kappa shape index (κ2) is 3.33. The Kier molecular flexibility index (Phi) is 2.77. The lowest BCUT2D eigenvalue weighted by molar-refractivity contribution is 0.112. The Morgan fingerprint density at radius 3 is 2.42 bits per heavy atom. The lowest BCUT2D eigenvalue weighted by Gasteiger charge is -2.16. The summed E-state index contributed by atoms with van der Waals surface area (Å²) in [5.74, 6) is 0. The molecule has 0 aliphatic carbocycles. The molecule has 2 nitrogen and oxygen atoms in total. The van der Waals surface area contributed by atoms with Crippen LogP contribution in [0.1, 0.15) is 10.5 Å². The first kappa shape index (κ1) is 9.98. The van der Waals surface area contributed by atoms with Gasteiger partial charge in [-0.15, -0.1) is 0 Å². The molecule has 0 amide bonds. The van der Waals surface area contributed by atoms with Crippen molar-refractivity contribution in [2.45, 2.75) is 19.6 Å². The van der Waals surface area contributed by atoms with E-state index >= 15 is 0 Å². The molecule has 0 aliphatic rings. The molecule has 0 saturated carbocycles. The molecule has 0 bridgehead atoms. The zero-order valence-corrected chi connectivity index (χ0v) is 10.6. The van der Waals surface area contributed by atoms with E-state index in [1.54, 1.807) is 0 Å². The lowest BCUT2D eigenvalue weighted by atomic mass is 10.5. The number of hydrogen-bond donors (Lipinski definition) is 1. The minimum Gasteiger partial charge on any atom is -0.358 e. The van der Waals surface area contributed by atoms with E-state index in [9.17, 15) is 4.79 Å². The van der Waals surface area contributed by atoms with E-state index in [-0.39, 0.29) is 0 Å². The van der Waals surface area contributed by atoms with Gasteiger partial charge in [0.15, 0.2) is 6.29 Å². The third-order valence-electron chi connectivity index (χ3n) is 1.73. The Labute approximate surface area is 86.9 Å². The number of carbonyl (C=O) groups excluding carboxylic acids is 1. The van der Waals surface area contributed by atoms with Gasteiger partial charge in [0.1, 0.15) is 0 Å². The number of H-pyrrole nitrogens is 1. The smallest absolute Gasteiger partial charge is 0.166 e. The van der Waals surface area contributed by atoms with Gasteiger partial charge in [0.05, 0.1) is 13.8 Å². The first-order valence-electron chi connectivity index (χ1n) is 3.79. The summed E-state index contributed by atoms with van der Waals surface area (Å²) in [6, 6.07) is 0. The number of aldehydes is 1. The van der Waals surface area contributed by atoms with Gasteiger partial charge in [-0.05, 0) is 27.8 Å². The second-order valence-electron chi connectivity index (χ2n) is 3.79. The summed E-state index contributed by atoms with van der Waals surface area (Å²) < 4.78 is 1.19. The zero-order chi connectivity index (χ0) is 9.35. The number of rotatable bonds is 2. The minimum atomic E-state index is -1.36. The molecule has 0 radical (unpaired) electrons. The molecule has 0 saturated heterocycles. The predicted molar refractivity (Wildman–Crippen MR) is 61.9 cm³/mol. The molecule has 0 aliphatic heterocycles. The van der Waals surface area contributed by atoms with Crippen LogP contribution in [0.4, 0.5) is 0 Å². The maximum Gasteiger partial charge on any atom is 0.166 e. The monoisotopic (exact) mass is 293 g/mol. The van der Waals surface area contributed by atoms with Crippen LogP contribution in [0.3, 0.4) is 0 Å². The fraction of sp³-hybridized carbons (Fsp3) is 0.375. The summed E-state index contributed by atoms with van der Waals surface area (Å²) in [7, 11) is -1.36. The summed E-state index contributed by atoms with van der Waals surface area (Å²) in [5, 5.41) is 1.25. The Hall–Kier alpha value is -0.103. The zero-order valence-electron chi connectivity index (χ0n) is 7.44. The van der Waals surface area contributed by atoms with Crippen LogP contribution < -0.4 is 5.19 Å². The van der Waals surface area contributed by atoms with Crippen molar-refractivity contribution < 1.29 is 4.79 Å². The van der Waals surface area contributed by atoms with E-state index in [0.29, 0.717) is 0 Å². The van der Waals surface area contributed by atoms with Crippen LogP contribution in [0.25, 0.3) is 0 Å². The van der Waals surface area contributed by atoms with Crippen molar-refractivity contribution >= 4 is 42.1 Å². The molecule has 4 heteroatoms. The quantitative estimate of drug-likeness (QED) is 0.505.